The molecule has 0 bridgehead atoms. The van der Waals surface area contributed by atoms with Crippen LogP contribution in [-0.4, -0.2) is 17.2 Å². The second-order valence-corrected chi connectivity index (χ2v) is 3.11. The zero-order chi connectivity index (χ0) is 10.7. The lowest BCUT2D eigenvalue weighted by Crippen LogP contribution is -1.95. The van der Waals surface area contributed by atoms with E-state index >= 15 is 0 Å². The van der Waals surface area contributed by atoms with Crippen molar-refractivity contribution in [3.05, 3.63) is 27.7 Å². The van der Waals surface area contributed by atoms with Crippen molar-refractivity contribution in [1.82, 2.24) is 0 Å². The molecule has 0 saturated carbocycles. The van der Waals surface area contributed by atoms with Gasteiger partial charge in [0, 0.05) is 0 Å². The summed E-state index contributed by atoms with van der Waals surface area (Å²) in [6.45, 7) is 0. The molecule has 0 aromatic heterocycles. The standard InChI is InChI=1S/C8H3Cl2NO3/c9-5-1-4(8(13)14)2-6(10)7(5)11-3-12/h1-2H,(H,13,14). The van der Waals surface area contributed by atoms with Crippen molar-refractivity contribution >= 4 is 40.9 Å². The molecule has 1 aromatic carbocycles. The molecule has 1 N–H and O–H groups in total. The molecule has 0 fully saturated rings. The first-order chi connectivity index (χ1) is 6.56. The average Bonchev–Trinajstić information content (AvgIpc) is 2.10. The fourth-order valence-corrected chi connectivity index (χ4v) is 1.41. The van der Waals surface area contributed by atoms with Gasteiger partial charge in [-0.15, -0.1) is 0 Å². The highest BCUT2D eigenvalue weighted by molar-refractivity contribution is 6.39. The van der Waals surface area contributed by atoms with Crippen molar-refractivity contribution in [3.63, 3.8) is 0 Å². The molecule has 0 aliphatic carbocycles. The number of isocyanates is 1. The number of aromatic carboxylic acids is 1. The van der Waals surface area contributed by atoms with Gasteiger partial charge in [-0.3, -0.25) is 0 Å². The van der Waals surface area contributed by atoms with Gasteiger partial charge in [-0.1, -0.05) is 23.2 Å². The van der Waals surface area contributed by atoms with E-state index in [9.17, 15) is 9.59 Å². The normalized spacial score (nSPS) is 9.29. The predicted octanol–water partition coefficient (Wildman–Crippen LogP) is 2.66. The minimum Gasteiger partial charge on any atom is -0.478 e. The number of carbonyl (C=O) groups excluding carboxylic acids is 1. The van der Waals surface area contributed by atoms with E-state index in [-0.39, 0.29) is 21.3 Å². The number of carbonyl (C=O) groups is 1. The number of aliphatic imine (C=N–C) groups is 1. The summed E-state index contributed by atoms with van der Waals surface area (Å²) in [6.07, 6.45) is 1.27. The van der Waals surface area contributed by atoms with Crippen LogP contribution in [0.15, 0.2) is 17.1 Å². The molecule has 0 atom stereocenters. The molecule has 0 unspecified atom stereocenters. The van der Waals surface area contributed by atoms with Crippen LogP contribution in [0.3, 0.4) is 0 Å². The molecule has 0 heterocycles. The number of carboxylic acids is 1. The maximum Gasteiger partial charge on any atom is 0.335 e. The third-order valence-corrected chi connectivity index (χ3v) is 2.00. The maximum absolute atomic E-state index is 10.5. The SMILES string of the molecule is O=C=Nc1c(Cl)cc(C(=O)O)cc1Cl. The van der Waals surface area contributed by atoms with Crippen molar-refractivity contribution in [3.8, 4) is 0 Å². The van der Waals surface area contributed by atoms with Crippen LogP contribution in [0.2, 0.25) is 10.0 Å². The molecular weight excluding hydrogens is 229 g/mol. The molecule has 1 rings (SSSR count). The lowest BCUT2D eigenvalue weighted by Gasteiger charge is -2.01. The van der Waals surface area contributed by atoms with E-state index in [0.717, 1.165) is 12.1 Å². The molecule has 6 heteroatoms. The Kier molecular flexibility index (Phi) is 3.25. The van der Waals surface area contributed by atoms with Crippen molar-refractivity contribution in [1.29, 1.82) is 0 Å². The van der Waals surface area contributed by atoms with Crippen LogP contribution in [0.1, 0.15) is 10.4 Å². The lowest BCUT2D eigenvalue weighted by atomic mass is 10.2. The van der Waals surface area contributed by atoms with Crippen molar-refractivity contribution in [2.75, 3.05) is 0 Å². The summed E-state index contributed by atoms with van der Waals surface area (Å²) in [7, 11) is 0. The second-order valence-electron chi connectivity index (χ2n) is 2.30. The molecule has 14 heavy (non-hydrogen) atoms. The van der Waals surface area contributed by atoms with Gasteiger partial charge in [0.1, 0.15) is 5.69 Å². The van der Waals surface area contributed by atoms with Crippen LogP contribution in [0, 0.1) is 0 Å². The highest BCUT2D eigenvalue weighted by Gasteiger charge is 2.11. The Bertz CT molecular complexity index is 415. The zero-order valence-corrected chi connectivity index (χ0v) is 8.13. The van der Waals surface area contributed by atoms with E-state index in [4.69, 9.17) is 28.3 Å². The molecule has 4 nitrogen and oxygen atoms in total. The first kappa shape index (κ1) is 10.7. The third-order valence-electron chi connectivity index (χ3n) is 1.42. The summed E-state index contributed by atoms with van der Waals surface area (Å²) in [5.41, 5.74) is -0.0433. The topological polar surface area (TPSA) is 66.7 Å². The van der Waals surface area contributed by atoms with Gasteiger partial charge in [-0.25, -0.2) is 9.59 Å². The van der Waals surface area contributed by atoms with Crippen LogP contribution < -0.4 is 0 Å². The highest BCUT2D eigenvalue weighted by atomic mass is 35.5. The van der Waals surface area contributed by atoms with E-state index in [1.807, 2.05) is 0 Å². The van der Waals surface area contributed by atoms with Gasteiger partial charge >= 0.3 is 5.97 Å². The minimum atomic E-state index is -1.16. The fourth-order valence-electron chi connectivity index (χ4n) is 0.841. The number of carboxylic acid groups (broad SMARTS) is 1. The summed E-state index contributed by atoms with van der Waals surface area (Å²) in [4.78, 5) is 23.8. The summed E-state index contributed by atoms with van der Waals surface area (Å²) in [5.74, 6) is -1.16. The molecule has 0 radical (unpaired) electrons. The molecule has 0 saturated heterocycles. The van der Waals surface area contributed by atoms with Crippen LogP contribution in [0.25, 0.3) is 0 Å². The van der Waals surface area contributed by atoms with E-state index in [0.29, 0.717) is 0 Å². The van der Waals surface area contributed by atoms with E-state index in [1.54, 1.807) is 0 Å². The van der Waals surface area contributed by atoms with Gasteiger partial charge in [0.25, 0.3) is 0 Å². The number of hydrogen-bond donors (Lipinski definition) is 1. The van der Waals surface area contributed by atoms with Crippen LogP contribution >= 0.6 is 23.2 Å². The minimum absolute atomic E-state index is 0.00162. The molecule has 0 aliphatic heterocycles. The zero-order valence-electron chi connectivity index (χ0n) is 6.62. The lowest BCUT2D eigenvalue weighted by molar-refractivity contribution is 0.0697. The van der Waals surface area contributed by atoms with Gasteiger partial charge in [0.2, 0.25) is 6.08 Å². The summed E-state index contributed by atoms with van der Waals surface area (Å²) in [5, 5.41) is 8.63. The Morgan fingerprint density at radius 1 is 1.36 bits per heavy atom. The first-order valence-electron chi connectivity index (χ1n) is 3.36. The number of halogens is 2. The highest BCUT2D eigenvalue weighted by Crippen LogP contribution is 2.33. The Morgan fingerprint density at radius 3 is 2.21 bits per heavy atom. The molecular formula is C8H3Cl2NO3. The van der Waals surface area contributed by atoms with Gasteiger partial charge < -0.3 is 5.11 Å². The number of hydrogen-bond acceptors (Lipinski definition) is 3. The smallest absolute Gasteiger partial charge is 0.335 e. The molecule has 1 aromatic rings. The first-order valence-corrected chi connectivity index (χ1v) is 4.12. The van der Waals surface area contributed by atoms with Crippen LogP contribution in [-0.2, 0) is 4.79 Å². The quantitative estimate of drug-likeness (QED) is 0.629. The average molecular weight is 232 g/mol. The van der Waals surface area contributed by atoms with Crippen molar-refractivity contribution in [2.24, 2.45) is 4.99 Å². The van der Waals surface area contributed by atoms with Crippen LogP contribution in [0.4, 0.5) is 5.69 Å². The largest absolute Gasteiger partial charge is 0.478 e. The van der Waals surface area contributed by atoms with Crippen molar-refractivity contribution in [2.45, 2.75) is 0 Å². The molecule has 0 aliphatic rings. The monoisotopic (exact) mass is 231 g/mol. The van der Waals surface area contributed by atoms with E-state index in [2.05, 4.69) is 4.99 Å². The molecule has 0 amide bonds. The summed E-state index contributed by atoms with van der Waals surface area (Å²) in [6, 6.07) is 2.32. The number of nitrogens with zero attached hydrogens (tertiary/aromatic N) is 1. The van der Waals surface area contributed by atoms with E-state index < -0.39 is 5.97 Å². The van der Waals surface area contributed by atoms with Crippen LogP contribution in [0.5, 0.6) is 0 Å². The Labute approximate surface area is 88.8 Å². The predicted molar refractivity (Wildman–Crippen MR) is 51.2 cm³/mol. The fraction of sp³-hybridized carbons (Fsp3) is 0. The molecule has 0 spiro atoms. The van der Waals surface area contributed by atoms with E-state index in [1.165, 1.54) is 6.08 Å². The second kappa shape index (κ2) is 4.24. The van der Waals surface area contributed by atoms with Gasteiger partial charge in [0.05, 0.1) is 15.6 Å². The maximum atomic E-state index is 10.5. The third kappa shape index (κ3) is 2.12. The van der Waals surface area contributed by atoms with Gasteiger partial charge in [-0.2, -0.15) is 4.99 Å². The Balaban J connectivity index is 3.39. The number of benzene rings is 1. The molecule has 72 valence electrons. The van der Waals surface area contributed by atoms with Gasteiger partial charge in [0.15, 0.2) is 0 Å². The number of rotatable bonds is 2. The summed E-state index contributed by atoms with van der Waals surface area (Å²) >= 11 is 11.3. The Morgan fingerprint density at radius 2 is 1.86 bits per heavy atom. The van der Waals surface area contributed by atoms with Gasteiger partial charge in [-0.05, 0) is 12.1 Å². The summed E-state index contributed by atoms with van der Waals surface area (Å²) < 4.78 is 0. The Hall–Kier alpha value is -1.35. The van der Waals surface area contributed by atoms with Crippen molar-refractivity contribution < 1.29 is 14.7 Å².